The molecular formula is C19H15ClN4O5. The number of amides is 2. The first-order chi connectivity index (χ1) is 13.9. The average molecular weight is 415 g/mol. The number of H-pyrrole nitrogens is 1. The van der Waals surface area contributed by atoms with E-state index in [1.54, 1.807) is 24.3 Å². The van der Waals surface area contributed by atoms with Gasteiger partial charge >= 0.3 is 0 Å². The van der Waals surface area contributed by atoms with E-state index in [-0.39, 0.29) is 41.4 Å². The molecule has 4 rings (SSSR count). The van der Waals surface area contributed by atoms with Crippen molar-refractivity contribution < 1.29 is 14.3 Å². The van der Waals surface area contributed by atoms with Crippen LogP contribution in [0, 0.1) is 0 Å². The highest BCUT2D eigenvalue weighted by molar-refractivity contribution is 6.34. The molecule has 3 N–H and O–H groups in total. The summed E-state index contributed by atoms with van der Waals surface area (Å²) in [7, 11) is 0. The van der Waals surface area contributed by atoms with Crippen LogP contribution in [-0.4, -0.2) is 28.2 Å². The van der Waals surface area contributed by atoms with Gasteiger partial charge in [-0.1, -0.05) is 23.7 Å². The van der Waals surface area contributed by atoms with Gasteiger partial charge in [-0.3, -0.25) is 24.3 Å². The minimum atomic E-state index is -0.410. The summed E-state index contributed by atoms with van der Waals surface area (Å²) >= 11 is 6.16. The Labute approximate surface area is 168 Å². The number of hydrogen-bond donors (Lipinski definition) is 3. The van der Waals surface area contributed by atoms with Crippen molar-refractivity contribution in [1.29, 1.82) is 0 Å². The molecule has 3 aromatic rings. The minimum Gasteiger partial charge on any atom is -0.482 e. The molecule has 1 aliphatic heterocycles. The quantitative estimate of drug-likeness (QED) is 0.599. The van der Waals surface area contributed by atoms with Crippen molar-refractivity contribution >= 4 is 45.6 Å². The number of halogens is 1. The lowest BCUT2D eigenvalue weighted by Crippen LogP contribution is -2.31. The Balaban J connectivity index is 1.50. The molecule has 0 saturated carbocycles. The second kappa shape index (κ2) is 7.44. The number of aromatic amines is 1. The Hall–Kier alpha value is -3.59. The van der Waals surface area contributed by atoms with Gasteiger partial charge in [0.05, 0.1) is 33.7 Å². The number of nitrogens with zero attached hydrogens (tertiary/aromatic N) is 1. The van der Waals surface area contributed by atoms with Crippen LogP contribution < -0.4 is 26.5 Å². The highest BCUT2D eigenvalue weighted by Gasteiger charge is 2.19. The van der Waals surface area contributed by atoms with Gasteiger partial charge < -0.3 is 15.4 Å². The van der Waals surface area contributed by atoms with Crippen LogP contribution in [0.15, 0.2) is 46.0 Å². The number of aryl methyl sites for hydroxylation is 1. The number of rotatable bonds is 4. The SMILES string of the molecule is O=C(CCn1[nH]c(=O)c2ccccc2c1=O)Nc1cc2c(cc1Cl)NC(=O)CO2. The van der Waals surface area contributed by atoms with Crippen molar-refractivity contribution in [3.8, 4) is 5.75 Å². The fraction of sp³-hybridized carbons (Fsp3) is 0.158. The monoisotopic (exact) mass is 414 g/mol. The van der Waals surface area contributed by atoms with E-state index in [1.165, 1.54) is 12.1 Å². The lowest BCUT2D eigenvalue weighted by Gasteiger charge is -2.19. The average Bonchev–Trinajstić information content (AvgIpc) is 2.70. The Morgan fingerprint density at radius 3 is 2.72 bits per heavy atom. The minimum absolute atomic E-state index is 0.0140. The van der Waals surface area contributed by atoms with Crippen molar-refractivity contribution in [2.75, 3.05) is 17.2 Å². The molecular weight excluding hydrogens is 400 g/mol. The summed E-state index contributed by atoms with van der Waals surface area (Å²) < 4.78 is 6.41. The number of anilines is 2. The fourth-order valence-electron chi connectivity index (χ4n) is 3.03. The van der Waals surface area contributed by atoms with Crippen LogP contribution in [0.2, 0.25) is 5.02 Å². The summed E-state index contributed by atoms with van der Waals surface area (Å²) in [5.41, 5.74) is -0.0584. The fourth-order valence-corrected chi connectivity index (χ4v) is 3.24. The number of aromatic nitrogens is 2. The number of carbonyl (C=O) groups excluding carboxylic acids is 2. The van der Waals surface area contributed by atoms with Gasteiger partial charge in [0, 0.05) is 12.5 Å². The van der Waals surface area contributed by atoms with Crippen LogP contribution in [-0.2, 0) is 16.1 Å². The van der Waals surface area contributed by atoms with Gasteiger partial charge in [-0.05, 0) is 18.2 Å². The summed E-state index contributed by atoms with van der Waals surface area (Å²) in [6.45, 7) is -0.139. The molecule has 2 aromatic carbocycles. The van der Waals surface area contributed by atoms with Crippen molar-refractivity contribution in [1.82, 2.24) is 9.78 Å². The van der Waals surface area contributed by atoms with Gasteiger partial charge in [-0.2, -0.15) is 0 Å². The van der Waals surface area contributed by atoms with Crippen molar-refractivity contribution in [2.45, 2.75) is 13.0 Å². The number of hydrogen-bond acceptors (Lipinski definition) is 5. The van der Waals surface area contributed by atoms with Crippen LogP contribution in [0.25, 0.3) is 10.8 Å². The van der Waals surface area contributed by atoms with Gasteiger partial charge in [0.25, 0.3) is 17.0 Å². The Morgan fingerprint density at radius 2 is 1.93 bits per heavy atom. The molecule has 2 heterocycles. The second-order valence-electron chi connectivity index (χ2n) is 6.41. The van der Waals surface area contributed by atoms with Crippen molar-refractivity contribution in [3.63, 3.8) is 0 Å². The summed E-state index contributed by atoms with van der Waals surface area (Å²) in [6, 6.07) is 9.47. The molecule has 9 nitrogen and oxygen atoms in total. The zero-order valence-electron chi connectivity index (χ0n) is 15.0. The third kappa shape index (κ3) is 3.72. The van der Waals surface area contributed by atoms with Crippen LogP contribution >= 0.6 is 11.6 Å². The molecule has 2 amide bonds. The van der Waals surface area contributed by atoms with E-state index in [1.807, 2.05) is 0 Å². The first-order valence-electron chi connectivity index (χ1n) is 8.70. The molecule has 0 aliphatic carbocycles. The first kappa shape index (κ1) is 18.8. The summed E-state index contributed by atoms with van der Waals surface area (Å²) in [6.07, 6.45) is -0.0702. The number of benzene rings is 2. The molecule has 0 radical (unpaired) electrons. The molecule has 0 atom stereocenters. The molecule has 0 fully saturated rings. The van der Waals surface area contributed by atoms with Crippen molar-refractivity contribution in [2.24, 2.45) is 0 Å². The zero-order valence-corrected chi connectivity index (χ0v) is 15.7. The van der Waals surface area contributed by atoms with Crippen LogP contribution in [0.1, 0.15) is 6.42 Å². The van der Waals surface area contributed by atoms with E-state index < -0.39 is 11.5 Å². The predicted octanol–water partition coefficient (Wildman–Crippen LogP) is 1.70. The highest BCUT2D eigenvalue weighted by Crippen LogP contribution is 2.36. The Bertz CT molecular complexity index is 1260. The highest BCUT2D eigenvalue weighted by atomic mass is 35.5. The van der Waals surface area contributed by atoms with Crippen LogP contribution in [0.3, 0.4) is 0 Å². The number of carbonyl (C=O) groups is 2. The van der Waals surface area contributed by atoms with Gasteiger partial charge in [-0.15, -0.1) is 0 Å². The standard InChI is InChI=1S/C19H15ClN4O5/c20-12-7-14-15(29-9-17(26)22-14)8-13(12)21-16(25)5-6-24-19(28)11-4-2-1-3-10(11)18(27)23-24/h1-4,7-8H,5-6,9H2,(H,21,25)(H,22,26)(H,23,27). The zero-order chi connectivity index (χ0) is 20.5. The van der Waals surface area contributed by atoms with Gasteiger partial charge in [0.2, 0.25) is 5.91 Å². The number of fused-ring (bicyclic) bond motifs is 2. The summed E-state index contributed by atoms with van der Waals surface area (Å²) in [5, 5.41) is 8.54. The summed E-state index contributed by atoms with van der Waals surface area (Å²) in [5.74, 6) is -0.313. The molecule has 10 heteroatoms. The molecule has 0 spiro atoms. The topological polar surface area (TPSA) is 122 Å². The summed E-state index contributed by atoms with van der Waals surface area (Å²) in [4.78, 5) is 48.3. The molecule has 0 bridgehead atoms. The molecule has 29 heavy (non-hydrogen) atoms. The maximum absolute atomic E-state index is 12.5. The maximum Gasteiger partial charge on any atom is 0.273 e. The van der Waals surface area contributed by atoms with Crippen molar-refractivity contribution in [3.05, 3.63) is 62.1 Å². The molecule has 0 saturated heterocycles. The molecule has 148 valence electrons. The van der Waals surface area contributed by atoms with Gasteiger partial charge in [-0.25, -0.2) is 4.68 Å². The van der Waals surface area contributed by atoms with Crippen LogP contribution in [0.4, 0.5) is 11.4 Å². The maximum atomic E-state index is 12.5. The van der Waals surface area contributed by atoms with E-state index >= 15 is 0 Å². The van der Waals surface area contributed by atoms with Gasteiger partial charge in [0.1, 0.15) is 5.75 Å². The number of ether oxygens (including phenoxy) is 1. The van der Waals surface area contributed by atoms with E-state index in [2.05, 4.69) is 15.7 Å². The third-order valence-corrected chi connectivity index (χ3v) is 4.74. The van der Waals surface area contributed by atoms with Gasteiger partial charge in [0.15, 0.2) is 6.61 Å². The number of nitrogens with one attached hydrogen (secondary N) is 3. The first-order valence-corrected chi connectivity index (χ1v) is 9.08. The molecule has 1 aromatic heterocycles. The van der Waals surface area contributed by atoms with Crippen LogP contribution in [0.5, 0.6) is 5.75 Å². The molecule has 1 aliphatic rings. The third-order valence-electron chi connectivity index (χ3n) is 4.42. The smallest absolute Gasteiger partial charge is 0.273 e. The lowest BCUT2D eigenvalue weighted by molar-refractivity contribution is -0.118. The second-order valence-corrected chi connectivity index (χ2v) is 6.81. The van der Waals surface area contributed by atoms with E-state index in [4.69, 9.17) is 16.3 Å². The van der Waals surface area contributed by atoms with E-state index in [0.717, 1.165) is 4.68 Å². The Kier molecular flexibility index (Phi) is 4.81. The predicted molar refractivity (Wildman–Crippen MR) is 108 cm³/mol. The normalized spacial score (nSPS) is 12.8. The largest absolute Gasteiger partial charge is 0.482 e. The molecule has 0 unspecified atom stereocenters. The lowest BCUT2D eigenvalue weighted by atomic mass is 10.2. The van der Waals surface area contributed by atoms with E-state index in [9.17, 15) is 19.2 Å². The van der Waals surface area contributed by atoms with E-state index in [0.29, 0.717) is 22.5 Å². The Morgan fingerprint density at radius 1 is 1.17 bits per heavy atom.